The van der Waals surface area contributed by atoms with Crippen molar-refractivity contribution in [1.82, 2.24) is 5.32 Å². The lowest BCUT2D eigenvalue weighted by molar-refractivity contribution is -0.0504. The van der Waals surface area contributed by atoms with Crippen molar-refractivity contribution in [3.8, 4) is 5.75 Å². The van der Waals surface area contributed by atoms with Gasteiger partial charge >= 0.3 is 6.61 Å². The van der Waals surface area contributed by atoms with Crippen molar-refractivity contribution in [3.05, 3.63) is 58.1 Å². The minimum Gasteiger partial charge on any atom is -0.434 e. The summed E-state index contributed by atoms with van der Waals surface area (Å²) in [5.74, 6) is 0.104. The molecule has 0 heterocycles. The maximum absolute atomic E-state index is 12.4. The number of para-hydroxylation sites is 1. The molecule has 2 N–H and O–H groups in total. The number of nitrogens with one attached hydrogen (secondary N) is 2. The molecule has 0 saturated heterocycles. The van der Waals surface area contributed by atoms with E-state index in [1.165, 1.54) is 6.07 Å². The molecule has 2 aromatic carbocycles. The monoisotopic (exact) mass is 376 g/mol. The van der Waals surface area contributed by atoms with Crippen LogP contribution in [0.2, 0.25) is 10.0 Å². The van der Waals surface area contributed by atoms with E-state index in [4.69, 9.17) is 35.4 Å². The van der Waals surface area contributed by atoms with Gasteiger partial charge in [-0.1, -0.05) is 41.4 Å². The highest BCUT2D eigenvalue weighted by atomic mass is 35.5. The number of ether oxygens (including phenoxy) is 1. The molecule has 3 nitrogen and oxygen atoms in total. The van der Waals surface area contributed by atoms with Gasteiger partial charge in [-0.2, -0.15) is 8.78 Å². The molecule has 0 aliphatic rings. The number of anilines is 1. The standard InChI is InChI=1S/C15H12Cl2F2N2OS/c16-11-6-5-10(7-12(11)17)21-15(23)20-8-9-3-1-2-4-13(9)22-14(18)19/h1-7,14H,8H2,(H2,20,21,23). The van der Waals surface area contributed by atoms with Crippen LogP contribution in [0.4, 0.5) is 14.5 Å². The summed E-state index contributed by atoms with van der Waals surface area (Å²) in [7, 11) is 0. The molecule has 0 radical (unpaired) electrons. The van der Waals surface area contributed by atoms with Crippen LogP contribution >= 0.6 is 35.4 Å². The maximum atomic E-state index is 12.4. The second-order valence-electron chi connectivity index (χ2n) is 4.42. The molecule has 0 amide bonds. The summed E-state index contributed by atoms with van der Waals surface area (Å²) >= 11 is 16.9. The third kappa shape index (κ3) is 5.49. The molecule has 0 unspecified atom stereocenters. The minimum absolute atomic E-state index is 0.104. The Hall–Kier alpha value is -1.63. The number of halogens is 4. The van der Waals surface area contributed by atoms with E-state index in [-0.39, 0.29) is 12.3 Å². The summed E-state index contributed by atoms with van der Waals surface area (Å²) in [5, 5.41) is 7.00. The average molecular weight is 377 g/mol. The van der Waals surface area contributed by atoms with E-state index >= 15 is 0 Å². The fourth-order valence-electron chi connectivity index (χ4n) is 1.79. The zero-order chi connectivity index (χ0) is 16.8. The Bertz CT molecular complexity index is 701. The van der Waals surface area contributed by atoms with Crippen molar-refractivity contribution < 1.29 is 13.5 Å². The van der Waals surface area contributed by atoms with Gasteiger partial charge < -0.3 is 15.4 Å². The predicted molar refractivity (Wildman–Crippen MR) is 92.6 cm³/mol. The lowest BCUT2D eigenvalue weighted by atomic mass is 10.2. The first-order chi connectivity index (χ1) is 11.0. The fraction of sp³-hybridized carbons (Fsp3) is 0.133. The third-order valence-corrected chi connectivity index (χ3v) is 3.79. The van der Waals surface area contributed by atoms with E-state index in [0.29, 0.717) is 26.4 Å². The fourth-order valence-corrected chi connectivity index (χ4v) is 2.27. The zero-order valence-electron chi connectivity index (χ0n) is 11.7. The Morgan fingerprint density at radius 1 is 1.13 bits per heavy atom. The first-order valence-electron chi connectivity index (χ1n) is 6.48. The van der Waals surface area contributed by atoms with Gasteiger partial charge in [-0.05, 0) is 36.5 Å². The average Bonchev–Trinajstić information content (AvgIpc) is 2.49. The number of rotatable bonds is 5. The molecule has 0 fully saturated rings. The van der Waals surface area contributed by atoms with Gasteiger partial charge in [0.2, 0.25) is 0 Å². The van der Waals surface area contributed by atoms with E-state index in [1.807, 2.05) is 0 Å². The summed E-state index contributed by atoms with van der Waals surface area (Å²) in [6.07, 6.45) is 0. The third-order valence-electron chi connectivity index (χ3n) is 2.81. The van der Waals surface area contributed by atoms with Crippen LogP contribution in [0, 0.1) is 0 Å². The minimum atomic E-state index is -2.88. The summed E-state index contributed by atoms with van der Waals surface area (Å²) in [6.45, 7) is -2.65. The van der Waals surface area contributed by atoms with E-state index < -0.39 is 6.61 Å². The van der Waals surface area contributed by atoms with E-state index in [9.17, 15) is 8.78 Å². The molecule has 0 aliphatic heterocycles. The number of alkyl halides is 2. The van der Waals surface area contributed by atoms with Crippen LogP contribution in [0.1, 0.15) is 5.56 Å². The van der Waals surface area contributed by atoms with Gasteiger partial charge in [0.05, 0.1) is 10.0 Å². The topological polar surface area (TPSA) is 33.3 Å². The largest absolute Gasteiger partial charge is 0.434 e. The quantitative estimate of drug-likeness (QED) is 0.712. The highest BCUT2D eigenvalue weighted by Gasteiger charge is 2.09. The highest BCUT2D eigenvalue weighted by molar-refractivity contribution is 7.80. The van der Waals surface area contributed by atoms with Gasteiger partial charge in [0, 0.05) is 17.8 Å². The van der Waals surface area contributed by atoms with Crippen molar-refractivity contribution in [2.24, 2.45) is 0 Å². The second-order valence-corrected chi connectivity index (χ2v) is 5.65. The van der Waals surface area contributed by atoms with Crippen LogP contribution in [0.15, 0.2) is 42.5 Å². The van der Waals surface area contributed by atoms with Gasteiger partial charge in [0.15, 0.2) is 5.11 Å². The Kier molecular flexibility index (Phi) is 6.38. The molecule has 0 aliphatic carbocycles. The van der Waals surface area contributed by atoms with Crippen molar-refractivity contribution >= 4 is 46.2 Å². The molecule has 2 aromatic rings. The molecule has 0 atom stereocenters. The summed E-state index contributed by atoms with van der Waals surface area (Å²) in [6, 6.07) is 11.5. The van der Waals surface area contributed by atoms with E-state index in [1.54, 1.807) is 36.4 Å². The number of hydrogen-bond donors (Lipinski definition) is 2. The lowest BCUT2D eigenvalue weighted by Crippen LogP contribution is -2.28. The lowest BCUT2D eigenvalue weighted by Gasteiger charge is -2.14. The summed E-state index contributed by atoms with van der Waals surface area (Å²) in [4.78, 5) is 0. The Morgan fingerprint density at radius 3 is 2.57 bits per heavy atom. The van der Waals surface area contributed by atoms with E-state index in [2.05, 4.69) is 15.4 Å². The Balaban J connectivity index is 1.95. The van der Waals surface area contributed by atoms with Crippen LogP contribution in [-0.2, 0) is 6.54 Å². The van der Waals surface area contributed by atoms with Crippen molar-refractivity contribution in [2.75, 3.05) is 5.32 Å². The molecule has 0 aromatic heterocycles. The zero-order valence-corrected chi connectivity index (χ0v) is 14.0. The summed E-state index contributed by atoms with van der Waals surface area (Å²) in [5.41, 5.74) is 1.22. The van der Waals surface area contributed by atoms with Crippen molar-refractivity contribution in [2.45, 2.75) is 13.2 Å². The molecule has 23 heavy (non-hydrogen) atoms. The molecule has 0 bridgehead atoms. The van der Waals surface area contributed by atoms with Gasteiger partial charge in [-0.15, -0.1) is 0 Å². The number of thiocarbonyl (C=S) groups is 1. The summed E-state index contributed by atoms with van der Waals surface area (Å²) < 4.78 is 29.2. The van der Waals surface area contributed by atoms with Crippen LogP contribution < -0.4 is 15.4 Å². The first kappa shape index (κ1) is 17.7. The van der Waals surface area contributed by atoms with Crippen molar-refractivity contribution in [1.29, 1.82) is 0 Å². The smallest absolute Gasteiger partial charge is 0.387 e. The number of hydrogen-bond acceptors (Lipinski definition) is 2. The predicted octanol–water partition coefficient (Wildman–Crippen LogP) is 5.08. The highest BCUT2D eigenvalue weighted by Crippen LogP contribution is 2.25. The van der Waals surface area contributed by atoms with Gasteiger partial charge in [0.1, 0.15) is 5.75 Å². The maximum Gasteiger partial charge on any atom is 0.387 e. The van der Waals surface area contributed by atoms with Gasteiger partial charge in [-0.3, -0.25) is 0 Å². The normalized spacial score (nSPS) is 10.5. The first-order valence-corrected chi connectivity index (χ1v) is 7.65. The molecule has 2 rings (SSSR count). The van der Waals surface area contributed by atoms with Gasteiger partial charge in [0.25, 0.3) is 0 Å². The second kappa shape index (κ2) is 8.29. The van der Waals surface area contributed by atoms with Crippen LogP contribution in [-0.4, -0.2) is 11.7 Å². The Labute approximate surface area is 147 Å². The van der Waals surface area contributed by atoms with Crippen LogP contribution in [0.3, 0.4) is 0 Å². The van der Waals surface area contributed by atoms with Crippen molar-refractivity contribution in [3.63, 3.8) is 0 Å². The van der Waals surface area contributed by atoms with Crippen LogP contribution in [0.25, 0.3) is 0 Å². The molecule has 8 heteroatoms. The molecule has 0 spiro atoms. The SMILES string of the molecule is FC(F)Oc1ccccc1CNC(=S)Nc1ccc(Cl)c(Cl)c1. The Morgan fingerprint density at radius 2 is 1.87 bits per heavy atom. The van der Waals surface area contributed by atoms with Gasteiger partial charge in [-0.25, -0.2) is 0 Å². The number of benzene rings is 2. The van der Waals surface area contributed by atoms with Crippen LogP contribution in [0.5, 0.6) is 5.75 Å². The molecule has 122 valence electrons. The molecule has 0 saturated carbocycles. The molecular formula is C15H12Cl2F2N2OS. The molecular weight excluding hydrogens is 365 g/mol. The van der Waals surface area contributed by atoms with E-state index in [0.717, 1.165) is 0 Å².